The molecule has 10 heteroatoms. The largest absolute Gasteiger partial charge is 0.467 e. The maximum atomic E-state index is 12.7. The van der Waals surface area contributed by atoms with Gasteiger partial charge >= 0.3 is 5.97 Å². The van der Waals surface area contributed by atoms with E-state index < -0.39 is 24.5 Å². The zero-order chi connectivity index (χ0) is 20.4. The zero-order valence-electron chi connectivity index (χ0n) is 15.3. The van der Waals surface area contributed by atoms with Crippen LogP contribution in [0.15, 0.2) is 67.7 Å². The fraction of sp³-hybridized carbons (Fsp3) is 0.211. The minimum Gasteiger partial charge on any atom is -0.467 e. The number of amides is 1. The topological polar surface area (TPSA) is 120 Å². The van der Waals surface area contributed by atoms with Gasteiger partial charge in [-0.25, -0.2) is 14.5 Å². The standard InChI is InChI=1S/C19H16N4O6/c1-22-17(24)7-6-12(20-22)19(26)29-11-18(25)23-14(16-5-3-9-28-16)10-13(21-23)15-4-2-8-27-15/h2-9,14H,10-11H2,1H3. The molecule has 0 N–H and O–H groups in total. The van der Waals surface area contributed by atoms with E-state index in [4.69, 9.17) is 13.6 Å². The van der Waals surface area contributed by atoms with E-state index in [1.54, 1.807) is 24.3 Å². The Hall–Kier alpha value is -3.95. The first-order valence-corrected chi connectivity index (χ1v) is 8.71. The summed E-state index contributed by atoms with van der Waals surface area (Å²) in [5.74, 6) is -0.262. The number of hydrazone groups is 1. The number of carbonyl (C=O) groups excluding carboxylic acids is 2. The Labute approximate surface area is 164 Å². The maximum Gasteiger partial charge on any atom is 0.359 e. The van der Waals surface area contributed by atoms with Crippen LogP contribution >= 0.6 is 0 Å². The fourth-order valence-electron chi connectivity index (χ4n) is 2.91. The lowest BCUT2D eigenvalue weighted by molar-refractivity contribution is -0.136. The molecule has 1 atom stereocenters. The van der Waals surface area contributed by atoms with Gasteiger partial charge in [0, 0.05) is 19.5 Å². The summed E-state index contributed by atoms with van der Waals surface area (Å²) in [6.45, 7) is -0.546. The quantitative estimate of drug-likeness (QED) is 0.599. The van der Waals surface area contributed by atoms with Crippen molar-refractivity contribution in [2.24, 2.45) is 12.1 Å². The van der Waals surface area contributed by atoms with Crippen LogP contribution in [0.1, 0.15) is 34.5 Å². The molecule has 0 aromatic carbocycles. The Morgan fingerprint density at radius 1 is 1.17 bits per heavy atom. The van der Waals surface area contributed by atoms with Gasteiger partial charge in [0.15, 0.2) is 12.3 Å². The summed E-state index contributed by atoms with van der Waals surface area (Å²) >= 11 is 0. The molecule has 1 aliphatic heterocycles. The summed E-state index contributed by atoms with van der Waals surface area (Å²) in [7, 11) is 1.41. The van der Waals surface area contributed by atoms with Gasteiger partial charge in [-0.05, 0) is 30.3 Å². The molecular formula is C19H16N4O6. The van der Waals surface area contributed by atoms with Crippen LogP contribution in [0.4, 0.5) is 0 Å². The Morgan fingerprint density at radius 2 is 1.97 bits per heavy atom. The Morgan fingerprint density at radius 3 is 2.66 bits per heavy atom. The van der Waals surface area contributed by atoms with Crippen molar-refractivity contribution in [3.8, 4) is 0 Å². The molecule has 0 aliphatic carbocycles. The van der Waals surface area contributed by atoms with Gasteiger partial charge in [-0.1, -0.05) is 0 Å². The van der Waals surface area contributed by atoms with Crippen molar-refractivity contribution in [2.45, 2.75) is 12.5 Å². The van der Waals surface area contributed by atoms with Crippen molar-refractivity contribution in [3.63, 3.8) is 0 Å². The summed E-state index contributed by atoms with van der Waals surface area (Å²) in [5, 5.41) is 9.36. The van der Waals surface area contributed by atoms with Crippen LogP contribution in [0.3, 0.4) is 0 Å². The number of hydrogen-bond donors (Lipinski definition) is 0. The third-order valence-electron chi connectivity index (χ3n) is 4.34. The lowest BCUT2D eigenvalue weighted by Crippen LogP contribution is -2.31. The van der Waals surface area contributed by atoms with E-state index in [1.165, 1.54) is 36.7 Å². The lowest BCUT2D eigenvalue weighted by atomic mass is 10.1. The normalized spacial score (nSPS) is 16.0. The monoisotopic (exact) mass is 396 g/mol. The first-order chi connectivity index (χ1) is 14.0. The first kappa shape index (κ1) is 18.4. The predicted octanol–water partition coefficient (Wildman–Crippen LogP) is 1.50. The highest BCUT2D eigenvalue weighted by Crippen LogP contribution is 2.33. The van der Waals surface area contributed by atoms with Gasteiger partial charge in [-0.2, -0.15) is 10.2 Å². The van der Waals surface area contributed by atoms with Gasteiger partial charge in [0.2, 0.25) is 0 Å². The molecule has 4 heterocycles. The van der Waals surface area contributed by atoms with Crippen LogP contribution in [-0.2, 0) is 16.6 Å². The van der Waals surface area contributed by atoms with E-state index in [2.05, 4.69) is 10.2 Å². The van der Waals surface area contributed by atoms with E-state index in [9.17, 15) is 14.4 Å². The van der Waals surface area contributed by atoms with E-state index >= 15 is 0 Å². The third-order valence-corrected chi connectivity index (χ3v) is 4.34. The number of aryl methyl sites for hydroxylation is 1. The molecule has 29 heavy (non-hydrogen) atoms. The van der Waals surface area contributed by atoms with Crippen molar-refractivity contribution < 1.29 is 23.2 Å². The fourth-order valence-corrected chi connectivity index (χ4v) is 2.91. The summed E-state index contributed by atoms with van der Waals surface area (Å²) in [4.78, 5) is 36.2. The number of hydrogen-bond acceptors (Lipinski definition) is 8. The number of nitrogens with zero attached hydrogens (tertiary/aromatic N) is 4. The molecule has 0 spiro atoms. The summed E-state index contributed by atoms with van der Waals surface area (Å²) < 4.78 is 16.9. The van der Waals surface area contributed by atoms with Crippen LogP contribution in [-0.4, -0.2) is 39.0 Å². The molecule has 0 fully saturated rings. The number of carbonyl (C=O) groups is 2. The van der Waals surface area contributed by atoms with Gasteiger partial charge in [0.05, 0.1) is 12.5 Å². The molecule has 1 unspecified atom stereocenters. The van der Waals surface area contributed by atoms with E-state index in [0.29, 0.717) is 23.7 Å². The highest BCUT2D eigenvalue weighted by molar-refractivity contribution is 6.01. The van der Waals surface area contributed by atoms with Crippen LogP contribution < -0.4 is 5.56 Å². The van der Waals surface area contributed by atoms with Crippen LogP contribution in [0.2, 0.25) is 0 Å². The SMILES string of the molecule is Cn1nc(C(=O)OCC(=O)N2N=C(c3ccco3)CC2c2ccco2)ccc1=O. The molecule has 148 valence electrons. The molecule has 0 bridgehead atoms. The summed E-state index contributed by atoms with van der Waals surface area (Å²) in [6.07, 6.45) is 3.42. The van der Waals surface area contributed by atoms with Gasteiger partial charge < -0.3 is 13.6 Å². The van der Waals surface area contributed by atoms with Crippen molar-refractivity contribution >= 4 is 17.6 Å². The molecule has 0 saturated heterocycles. The number of ether oxygens (including phenoxy) is 1. The molecule has 0 radical (unpaired) electrons. The van der Waals surface area contributed by atoms with Gasteiger partial charge in [-0.15, -0.1) is 0 Å². The highest BCUT2D eigenvalue weighted by Gasteiger charge is 2.36. The molecule has 1 amide bonds. The van der Waals surface area contributed by atoms with Crippen molar-refractivity contribution in [1.29, 1.82) is 0 Å². The Kier molecular flexibility index (Phi) is 4.82. The van der Waals surface area contributed by atoms with Gasteiger partial charge in [0.25, 0.3) is 11.5 Å². The predicted molar refractivity (Wildman–Crippen MR) is 97.9 cm³/mol. The van der Waals surface area contributed by atoms with Crippen molar-refractivity contribution in [2.75, 3.05) is 6.61 Å². The number of rotatable bonds is 5. The molecule has 3 aromatic heterocycles. The number of esters is 1. The first-order valence-electron chi connectivity index (χ1n) is 8.71. The van der Waals surface area contributed by atoms with Gasteiger partial charge in [-0.3, -0.25) is 9.59 Å². The zero-order valence-corrected chi connectivity index (χ0v) is 15.3. The van der Waals surface area contributed by atoms with Crippen molar-refractivity contribution in [1.82, 2.24) is 14.8 Å². The van der Waals surface area contributed by atoms with Crippen molar-refractivity contribution in [3.05, 3.63) is 76.5 Å². The second kappa shape index (κ2) is 7.58. The van der Waals surface area contributed by atoms with E-state index in [0.717, 1.165) is 4.68 Å². The summed E-state index contributed by atoms with van der Waals surface area (Å²) in [5.41, 5.74) is 0.135. The second-order valence-electron chi connectivity index (χ2n) is 6.25. The molecule has 10 nitrogen and oxygen atoms in total. The Balaban J connectivity index is 1.49. The number of aromatic nitrogens is 2. The van der Waals surface area contributed by atoms with E-state index in [-0.39, 0.29) is 11.3 Å². The molecule has 3 aromatic rings. The highest BCUT2D eigenvalue weighted by atomic mass is 16.5. The minimum atomic E-state index is -0.821. The molecule has 4 rings (SSSR count). The average Bonchev–Trinajstić information content (AvgIpc) is 3.48. The van der Waals surface area contributed by atoms with Crippen LogP contribution in [0.25, 0.3) is 0 Å². The van der Waals surface area contributed by atoms with E-state index in [1.807, 2.05) is 0 Å². The Bertz CT molecular complexity index is 1110. The lowest BCUT2D eigenvalue weighted by Gasteiger charge is -2.19. The summed E-state index contributed by atoms with van der Waals surface area (Å²) in [6, 6.07) is 8.89. The van der Waals surface area contributed by atoms with Crippen LogP contribution in [0.5, 0.6) is 0 Å². The third kappa shape index (κ3) is 3.72. The van der Waals surface area contributed by atoms with Gasteiger partial charge in [0.1, 0.15) is 23.3 Å². The smallest absolute Gasteiger partial charge is 0.359 e. The molecule has 0 saturated carbocycles. The molecule has 1 aliphatic rings. The number of furan rings is 2. The molecular weight excluding hydrogens is 380 g/mol. The average molecular weight is 396 g/mol. The second-order valence-corrected chi connectivity index (χ2v) is 6.25. The minimum absolute atomic E-state index is 0.0799. The maximum absolute atomic E-state index is 12.7. The van der Waals surface area contributed by atoms with Crippen LogP contribution in [0, 0.1) is 0 Å².